The summed E-state index contributed by atoms with van der Waals surface area (Å²) >= 11 is 0. The highest BCUT2D eigenvalue weighted by Gasteiger charge is 2.16. The van der Waals surface area contributed by atoms with Crippen LogP contribution in [0, 0.1) is 17.0 Å². The molecule has 0 radical (unpaired) electrons. The van der Waals surface area contributed by atoms with Crippen LogP contribution in [0.1, 0.15) is 12.6 Å². The molecule has 21 heavy (non-hydrogen) atoms. The number of hydrogen-bond acceptors (Lipinski definition) is 6. The van der Waals surface area contributed by atoms with Crippen LogP contribution in [-0.4, -0.2) is 27.7 Å². The summed E-state index contributed by atoms with van der Waals surface area (Å²) < 4.78 is 11.8. The monoisotopic (exact) mass is 291 g/mol. The molecule has 0 fully saturated rings. The lowest BCUT2D eigenvalue weighted by Gasteiger charge is -2.07. The van der Waals surface area contributed by atoms with E-state index in [2.05, 4.69) is 5.10 Å². The van der Waals surface area contributed by atoms with Crippen LogP contribution in [0.4, 0.5) is 5.69 Å². The number of rotatable bonds is 6. The normalized spacial score (nSPS) is 10.2. The molecule has 1 aromatic carbocycles. The molecule has 0 unspecified atom stereocenters. The largest absolute Gasteiger partial charge is 0.487 e. The van der Waals surface area contributed by atoms with Crippen LogP contribution in [0.5, 0.6) is 17.4 Å². The minimum absolute atomic E-state index is 0.117. The third kappa shape index (κ3) is 3.16. The quantitative estimate of drug-likeness (QED) is 0.460. The number of ether oxygens (including phenoxy) is 2. The smallest absolute Gasteiger partial charge is 0.311 e. The molecule has 0 spiro atoms. The van der Waals surface area contributed by atoms with Crippen molar-refractivity contribution in [1.82, 2.24) is 9.78 Å². The van der Waals surface area contributed by atoms with E-state index < -0.39 is 4.92 Å². The lowest BCUT2D eigenvalue weighted by molar-refractivity contribution is -0.385. The lowest BCUT2D eigenvalue weighted by Crippen LogP contribution is -1.99. The molecule has 110 valence electrons. The van der Waals surface area contributed by atoms with E-state index in [1.165, 1.54) is 18.2 Å². The summed E-state index contributed by atoms with van der Waals surface area (Å²) in [7, 11) is 0. The lowest BCUT2D eigenvalue weighted by atomic mass is 10.3. The predicted octanol–water partition coefficient (Wildman–Crippen LogP) is 2.33. The summed E-state index contributed by atoms with van der Waals surface area (Å²) in [5.74, 6) is 0.669. The topological polar surface area (TPSA) is 96.5 Å². The van der Waals surface area contributed by atoms with Gasteiger partial charge in [0.2, 0.25) is 18.0 Å². The summed E-state index contributed by atoms with van der Waals surface area (Å²) in [5.41, 5.74) is 0.478. The molecule has 0 aliphatic heterocycles. The molecule has 0 bridgehead atoms. The Hall–Kier alpha value is -2.90. The molecule has 0 saturated heterocycles. The number of benzene rings is 1. The van der Waals surface area contributed by atoms with Gasteiger partial charge in [0, 0.05) is 23.9 Å². The molecular weight excluding hydrogens is 278 g/mol. The third-order valence-electron chi connectivity index (χ3n) is 2.65. The molecule has 0 saturated carbocycles. The van der Waals surface area contributed by atoms with Crippen molar-refractivity contribution in [2.45, 2.75) is 13.8 Å². The zero-order valence-electron chi connectivity index (χ0n) is 11.5. The van der Waals surface area contributed by atoms with Gasteiger partial charge < -0.3 is 9.47 Å². The molecule has 0 atom stereocenters. The van der Waals surface area contributed by atoms with Crippen LogP contribution in [-0.2, 0) is 4.79 Å². The fraction of sp³-hybridized carbons (Fsp3) is 0.231. The van der Waals surface area contributed by atoms with Gasteiger partial charge in [-0.15, -0.1) is 5.10 Å². The van der Waals surface area contributed by atoms with E-state index in [0.717, 1.165) is 4.68 Å². The summed E-state index contributed by atoms with van der Waals surface area (Å²) in [4.78, 5) is 21.1. The van der Waals surface area contributed by atoms with Crippen molar-refractivity contribution >= 4 is 12.1 Å². The molecule has 2 rings (SSSR count). The molecule has 0 amide bonds. The molecule has 1 aromatic heterocycles. The van der Waals surface area contributed by atoms with E-state index in [1.54, 1.807) is 19.9 Å². The minimum Gasteiger partial charge on any atom is -0.487 e. The maximum Gasteiger partial charge on any atom is 0.311 e. The standard InChI is InChI=1S/C13H13N3O5/c1-3-20-12-7-10(4-5-11(12)16(18)19)21-13-6-9(2)15(8-17)14-13/h4-8H,3H2,1-2H3. The zero-order chi connectivity index (χ0) is 15.4. The Bertz CT molecular complexity index is 680. The van der Waals surface area contributed by atoms with Crippen molar-refractivity contribution in [3.05, 3.63) is 40.1 Å². The summed E-state index contributed by atoms with van der Waals surface area (Å²) in [5, 5.41) is 14.8. The molecule has 0 aliphatic rings. The summed E-state index contributed by atoms with van der Waals surface area (Å²) in [6.45, 7) is 3.73. The van der Waals surface area contributed by atoms with E-state index in [0.29, 0.717) is 24.5 Å². The van der Waals surface area contributed by atoms with Gasteiger partial charge in [0.1, 0.15) is 5.75 Å². The van der Waals surface area contributed by atoms with Crippen molar-refractivity contribution in [2.24, 2.45) is 0 Å². The number of aromatic nitrogens is 2. The summed E-state index contributed by atoms with van der Waals surface area (Å²) in [6.07, 6.45) is 0.559. The van der Waals surface area contributed by atoms with Gasteiger partial charge in [-0.3, -0.25) is 14.9 Å². The van der Waals surface area contributed by atoms with Crippen LogP contribution in [0.2, 0.25) is 0 Å². The van der Waals surface area contributed by atoms with E-state index >= 15 is 0 Å². The van der Waals surface area contributed by atoms with E-state index in [1.807, 2.05) is 0 Å². The highest BCUT2D eigenvalue weighted by atomic mass is 16.6. The SMILES string of the molecule is CCOc1cc(Oc2cc(C)n(C=O)n2)ccc1[N+](=O)[O-]. The number of nitro benzene ring substituents is 1. The van der Waals surface area contributed by atoms with Crippen LogP contribution < -0.4 is 9.47 Å². The van der Waals surface area contributed by atoms with Crippen LogP contribution >= 0.6 is 0 Å². The third-order valence-corrected chi connectivity index (χ3v) is 2.65. The van der Waals surface area contributed by atoms with Gasteiger partial charge in [-0.2, -0.15) is 0 Å². The van der Waals surface area contributed by atoms with Gasteiger partial charge in [0.05, 0.1) is 11.5 Å². The van der Waals surface area contributed by atoms with Crippen molar-refractivity contribution in [2.75, 3.05) is 6.61 Å². The molecule has 2 aromatic rings. The van der Waals surface area contributed by atoms with E-state index in [4.69, 9.17) is 9.47 Å². The van der Waals surface area contributed by atoms with E-state index in [-0.39, 0.29) is 17.3 Å². The van der Waals surface area contributed by atoms with Crippen LogP contribution in [0.3, 0.4) is 0 Å². The predicted molar refractivity (Wildman–Crippen MR) is 73.5 cm³/mol. The second-order valence-corrected chi connectivity index (χ2v) is 4.10. The number of nitro groups is 1. The Morgan fingerprint density at radius 3 is 2.76 bits per heavy atom. The Balaban J connectivity index is 2.29. The van der Waals surface area contributed by atoms with Crippen molar-refractivity contribution < 1.29 is 19.2 Å². The molecule has 8 nitrogen and oxygen atoms in total. The second kappa shape index (κ2) is 6.04. The Morgan fingerprint density at radius 1 is 1.43 bits per heavy atom. The van der Waals surface area contributed by atoms with Gasteiger partial charge in [-0.25, -0.2) is 4.68 Å². The fourth-order valence-corrected chi connectivity index (χ4v) is 1.72. The summed E-state index contributed by atoms with van der Waals surface area (Å²) in [6, 6.07) is 5.73. The molecule has 0 N–H and O–H groups in total. The molecule has 0 aliphatic carbocycles. The van der Waals surface area contributed by atoms with Gasteiger partial charge in [0.15, 0.2) is 0 Å². The first-order chi connectivity index (χ1) is 10.0. The van der Waals surface area contributed by atoms with Crippen LogP contribution in [0.15, 0.2) is 24.3 Å². The van der Waals surface area contributed by atoms with Crippen molar-refractivity contribution in [3.8, 4) is 17.4 Å². The van der Waals surface area contributed by atoms with Gasteiger partial charge in [0.25, 0.3) is 0 Å². The average Bonchev–Trinajstić information content (AvgIpc) is 2.79. The van der Waals surface area contributed by atoms with Gasteiger partial charge >= 0.3 is 5.69 Å². The zero-order valence-corrected chi connectivity index (χ0v) is 11.5. The average molecular weight is 291 g/mol. The molecule has 1 heterocycles. The van der Waals surface area contributed by atoms with Crippen molar-refractivity contribution in [3.63, 3.8) is 0 Å². The van der Waals surface area contributed by atoms with Gasteiger partial charge in [-0.05, 0) is 19.9 Å². The van der Waals surface area contributed by atoms with Gasteiger partial charge in [-0.1, -0.05) is 0 Å². The number of carbonyl (C=O) groups is 1. The number of carbonyl (C=O) groups excluding carboxylic acids is 1. The van der Waals surface area contributed by atoms with Crippen molar-refractivity contribution in [1.29, 1.82) is 0 Å². The maximum absolute atomic E-state index is 10.9. The number of nitrogens with zero attached hydrogens (tertiary/aromatic N) is 3. The van der Waals surface area contributed by atoms with Crippen LogP contribution in [0.25, 0.3) is 0 Å². The number of aryl methyl sites for hydroxylation is 1. The maximum atomic E-state index is 10.9. The minimum atomic E-state index is -0.528. The highest BCUT2D eigenvalue weighted by Crippen LogP contribution is 2.33. The number of hydrogen-bond donors (Lipinski definition) is 0. The Morgan fingerprint density at radius 2 is 2.19 bits per heavy atom. The second-order valence-electron chi connectivity index (χ2n) is 4.10. The first-order valence-electron chi connectivity index (χ1n) is 6.15. The Kier molecular flexibility index (Phi) is 4.17. The molecular formula is C13H13N3O5. The first kappa shape index (κ1) is 14.5. The highest BCUT2D eigenvalue weighted by molar-refractivity contribution is 5.53. The van der Waals surface area contributed by atoms with E-state index in [9.17, 15) is 14.9 Å². The Labute approximate surface area is 120 Å². The molecule has 8 heteroatoms. The fourth-order valence-electron chi connectivity index (χ4n) is 1.72. The first-order valence-corrected chi connectivity index (χ1v) is 6.15.